The van der Waals surface area contributed by atoms with Gasteiger partial charge in [-0.2, -0.15) is 0 Å². The van der Waals surface area contributed by atoms with Gasteiger partial charge in [-0.25, -0.2) is 4.79 Å². The molecule has 1 unspecified atom stereocenters. The van der Waals surface area contributed by atoms with Crippen molar-refractivity contribution in [3.05, 3.63) is 35.4 Å². The summed E-state index contributed by atoms with van der Waals surface area (Å²) in [6.07, 6.45) is 1.21. The summed E-state index contributed by atoms with van der Waals surface area (Å²) in [4.78, 5) is 38.7. The van der Waals surface area contributed by atoms with Crippen molar-refractivity contribution in [1.82, 2.24) is 9.80 Å². The topological polar surface area (TPSA) is 77.9 Å². The van der Waals surface area contributed by atoms with E-state index in [2.05, 4.69) is 0 Å². The number of rotatable bonds is 5. The van der Waals surface area contributed by atoms with Gasteiger partial charge in [0.25, 0.3) is 5.91 Å². The summed E-state index contributed by atoms with van der Waals surface area (Å²) in [5, 5.41) is 9.19. The Balaban J connectivity index is 2.05. The van der Waals surface area contributed by atoms with Crippen molar-refractivity contribution in [1.29, 1.82) is 0 Å². The molecule has 1 N–H and O–H groups in total. The number of carboxylic acids is 1. The second kappa shape index (κ2) is 7.47. The maximum Gasteiger partial charge on any atom is 0.326 e. The lowest BCUT2D eigenvalue weighted by Crippen LogP contribution is -2.40. The fourth-order valence-corrected chi connectivity index (χ4v) is 2.98. The highest BCUT2D eigenvalue weighted by atomic mass is 16.4. The molecule has 1 aliphatic rings. The predicted molar refractivity (Wildman–Crippen MR) is 89.4 cm³/mol. The Kier molecular flexibility index (Phi) is 5.59. The molecule has 1 aromatic carbocycles. The number of carbonyl (C=O) groups excluding carboxylic acids is 2. The normalized spacial score (nSPS) is 17.2. The fraction of sp³-hybridized carbons (Fsp3) is 0.500. The smallest absolute Gasteiger partial charge is 0.326 e. The summed E-state index contributed by atoms with van der Waals surface area (Å²) in [7, 11) is 1.75. The molecule has 0 aliphatic carbocycles. The highest BCUT2D eigenvalue weighted by Crippen LogP contribution is 2.20. The maximum atomic E-state index is 12.5. The third kappa shape index (κ3) is 3.93. The number of carbonyl (C=O) groups is 3. The van der Waals surface area contributed by atoms with Gasteiger partial charge in [-0.15, -0.1) is 0 Å². The molecule has 0 aromatic heterocycles. The summed E-state index contributed by atoms with van der Waals surface area (Å²) in [6.45, 7) is 4.67. The van der Waals surface area contributed by atoms with Gasteiger partial charge in [0.05, 0.1) is 0 Å². The fourth-order valence-electron chi connectivity index (χ4n) is 2.98. The molecular weight excluding hydrogens is 308 g/mol. The zero-order valence-electron chi connectivity index (χ0n) is 14.4. The molecule has 0 radical (unpaired) electrons. The number of amides is 2. The number of benzene rings is 1. The minimum absolute atomic E-state index is 0.0565. The number of aliphatic carboxylic acids is 1. The summed E-state index contributed by atoms with van der Waals surface area (Å²) < 4.78 is 0. The van der Waals surface area contributed by atoms with Crippen molar-refractivity contribution < 1.29 is 19.5 Å². The van der Waals surface area contributed by atoms with Gasteiger partial charge < -0.3 is 14.9 Å². The van der Waals surface area contributed by atoms with E-state index in [0.717, 1.165) is 5.56 Å². The number of hydrogen-bond acceptors (Lipinski definition) is 3. The summed E-state index contributed by atoms with van der Waals surface area (Å²) in [6, 6.07) is 6.28. The lowest BCUT2D eigenvalue weighted by atomic mass is 10.1. The lowest BCUT2D eigenvalue weighted by molar-refractivity contribution is -0.141. The minimum atomic E-state index is -0.953. The first-order valence-electron chi connectivity index (χ1n) is 8.19. The van der Waals surface area contributed by atoms with Crippen LogP contribution in [0.2, 0.25) is 0 Å². The number of carboxylic acid groups (broad SMARTS) is 1. The molecule has 1 saturated heterocycles. The summed E-state index contributed by atoms with van der Waals surface area (Å²) in [5.41, 5.74) is 1.41. The first-order valence-corrected chi connectivity index (χ1v) is 8.19. The molecule has 6 nitrogen and oxygen atoms in total. The van der Waals surface area contributed by atoms with Gasteiger partial charge in [-0.3, -0.25) is 9.59 Å². The van der Waals surface area contributed by atoms with Crippen LogP contribution in [0, 0.1) is 5.92 Å². The van der Waals surface area contributed by atoms with E-state index < -0.39 is 12.0 Å². The van der Waals surface area contributed by atoms with E-state index in [1.165, 1.54) is 4.90 Å². The minimum Gasteiger partial charge on any atom is -0.480 e. The Hall–Kier alpha value is -2.37. The Bertz CT molecular complexity index is 624. The van der Waals surface area contributed by atoms with E-state index in [4.69, 9.17) is 0 Å². The van der Waals surface area contributed by atoms with Crippen molar-refractivity contribution in [2.45, 2.75) is 39.3 Å². The monoisotopic (exact) mass is 332 g/mol. The van der Waals surface area contributed by atoms with Gasteiger partial charge in [0.15, 0.2) is 0 Å². The molecular formula is C18H24N2O4. The van der Waals surface area contributed by atoms with E-state index in [-0.39, 0.29) is 17.7 Å². The molecule has 0 bridgehead atoms. The van der Waals surface area contributed by atoms with Crippen molar-refractivity contribution in [2.75, 3.05) is 13.6 Å². The zero-order valence-corrected chi connectivity index (χ0v) is 14.4. The van der Waals surface area contributed by atoms with Crippen molar-refractivity contribution in [3.63, 3.8) is 0 Å². The number of hydrogen-bond donors (Lipinski definition) is 1. The van der Waals surface area contributed by atoms with Gasteiger partial charge in [0.2, 0.25) is 5.91 Å². The van der Waals surface area contributed by atoms with Crippen LogP contribution in [0.25, 0.3) is 0 Å². The van der Waals surface area contributed by atoms with Gasteiger partial charge >= 0.3 is 5.97 Å². The van der Waals surface area contributed by atoms with Crippen LogP contribution < -0.4 is 0 Å². The average Bonchev–Trinajstić information content (AvgIpc) is 3.03. The zero-order chi connectivity index (χ0) is 17.9. The third-order valence-corrected chi connectivity index (χ3v) is 4.29. The third-order valence-electron chi connectivity index (χ3n) is 4.29. The summed E-state index contributed by atoms with van der Waals surface area (Å²) in [5.74, 6) is -1.19. The molecule has 0 spiro atoms. The maximum absolute atomic E-state index is 12.5. The largest absolute Gasteiger partial charge is 0.480 e. The molecule has 6 heteroatoms. The molecule has 24 heavy (non-hydrogen) atoms. The van der Waals surface area contributed by atoms with Crippen LogP contribution in [0.5, 0.6) is 0 Å². The molecule has 1 aromatic rings. The van der Waals surface area contributed by atoms with Crippen LogP contribution in [0.15, 0.2) is 24.3 Å². The molecule has 1 atom stereocenters. The van der Waals surface area contributed by atoms with Crippen LogP contribution in [-0.4, -0.2) is 52.3 Å². The summed E-state index contributed by atoms with van der Waals surface area (Å²) >= 11 is 0. The highest BCUT2D eigenvalue weighted by Gasteiger charge is 2.34. The standard InChI is InChI=1S/C18H24N2O4/c1-12(2)16(21)19(3)11-13-6-8-14(9-7-13)17(22)20-10-4-5-15(20)18(23)24/h6-9,12,15H,4-5,10-11H2,1-3H3,(H,23,24). The molecule has 130 valence electrons. The number of likely N-dealkylation sites (tertiary alicyclic amines) is 1. The van der Waals surface area contributed by atoms with Crippen molar-refractivity contribution in [2.24, 2.45) is 5.92 Å². The predicted octanol–water partition coefficient (Wildman–Crippen LogP) is 1.99. The van der Waals surface area contributed by atoms with E-state index in [1.54, 1.807) is 24.1 Å². The van der Waals surface area contributed by atoms with Gasteiger partial charge in [0, 0.05) is 31.6 Å². The average molecular weight is 332 g/mol. The number of nitrogens with zero attached hydrogens (tertiary/aromatic N) is 2. The highest BCUT2D eigenvalue weighted by molar-refractivity contribution is 5.97. The van der Waals surface area contributed by atoms with Gasteiger partial charge in [0.1, 0.15) is 6.04 Å². The molecule has 2 rings (SSSR count). The van der Waals surface area contributed by atoms with Gasteiger partial charge in [-0.05, 0) is 30.5 Å². The molecule has 2 amide bonds. The van der Waals surface area contributed by atoms with E-state index in [1.807, 2.05) is 26.0 Å². The van der Waals surface area contributed by atoms with E-state index >= 15 is 0 Å². The van der Waals surface area contributed by atoms with Gasteiger partial charge in [-0.1, -0.05) is 26.0 Å². The molecule has 1 heterocycles. The molecule has 1 aliphatic heterocycles. The van der Waals surface area contributed by atoms with E-state index in [0.29, 0.717) is 31.5 Å². The molecule has 0 saturated carbocycles. The lowest BCUT2D eigenvalue weighted by Gasteiger charge is -2.22. The Morgan fingerprint density at radius 1 is 1.25 bits per heavy atom. The van der Waals surface area contributed by atoms with Crippen LogP contribution in [0.1, 0.15) is 42.6 Å². The van der Waals surface area contributed by atoms with Crippen molar-refractivity contribution >= 4 is 17.8 Å². The van der Waals surface area contributed by atoms with Crippen molar-refractivity contribution in [3.8, 4) is 0 Å². The SMILES string of the molecule is CC(C)C(=O)N(C)Cc1ccc(C(=O)N2CCCC2C(=O)O)cc1. The first-order chi connectivity index (χ1) is 11.3. The van der Waals surface area contributed by atoms with Crippen LogP contribution in [0.3, 0.4) is 0 Å². The Morgan fingerprint density at radius 2 is 1.88 bits per heavy atom. The quantitative estimate of drug-likeness (QED) is 0.894. The van der Waals surface area contributed by atoms with Crippen LogP contribution >= 0.6 is 0 Å². The Morgan fingerprint density at radius 3 is 2.42 bits per heavy atom. The second-order valence-corrected chi connectivity index (χ2v) is 6.54. The first kappa shape index (κ1) is 18.0. The van der Waals surface area contributed by atoms with Crippen LogP contribution in [0.4, 0.5) is 0 Å². The second-order valence-electron chi connectivity index (χ2n) is 6.54. The Labute approximate surface area is 142 Å². The van der Waals surface area contributed by atoms with E-state index in [9.17, 15) is 19.5 Å². The van der Waals surface area contributed by atoms with Crippen LogP contribution in [-0.2, 0) is 16.1 Å². The molecule has 1 fully saturated rings.